The van der Waals surface area contributed by atoms with Gasteiger partial charge < -0.3 is 9.64 Å². The van der Waals surface area contributed by atoms with Crippen LogP contribution in [0.15, 0.2) is 47.2 Å². The predicted octanol–water partition coefficient (Wildman–Crippen LogP) is 3.92. The molecule has 3 nitrogen and oxygen atoms in total. The van der Waals surface area contributed by atoms with Crippen molar-refractivity contribution < 1.29 is 9.53 Å². The number of para-hydroxylation sites is 1. The molecule has 1 atom stereocenters. The highest BCUT2D eigenvalue weighted by atomic mass is 32.1. The summed E-state index contributed by atoms with van der Waals surface area (Å²) < 4.78 is 5.74. The molecule has 2 heterocycles. The second-order valence-corrected chi connectivity index (χ2v) is 6.51. The minimum Gasteiger partial charge on any atom is -0.481 e. The standard InChI is InChI=1S/C18H21NO2S/c1-14(21-17-5-3-2-4-6-17)18(20)19-10-7-15(8-11-19)16-9-12-22-13-16/h2-6,9,12-15H,7-8,10-11H2,1H3. The summed E-state index contributed by atoms with van der Waals surface area (Å²) in [4.78, 5) is 14.4. The number of carbonyl (C=O) groups excluding carboxylic acids is 1. The lowest BCUT2D eigenvalue weighted by Crippen LogP contribution is -2.44. The van der Waals surface area contributed by atoms with Gasteiger partial charge in [-0.3, -0.25) is 4.79 Å². The topological polar surface area (TPSA) is 29.5 Å². The van der Waals surface area contributed by atoms with Crippen LogP contribution in [0.5, 0.6) is 5.75 Å². The summed E-state index contributed by atoms with van der Waals surface area (Å²) in [6.45, 7) is 3.48. The van der Waals surface area contributed by atoms with Crippen LogP contribution in [-0.4, -0.2) is 30.0 Å². The number of piperidine rings is 1. The van der Waals surface area contributed by atoms with Crippen molar-refractivity contribution in [1.29, 1.82) is 0 Å². The van der Waals surface area contributed by atoms with E-state index in [9.17, 15) is 4.79 Å². The molecule has 3 rings (SSSR count). The summed E-state index contributed by atoms with van der Waals surface area (Å²) in [6.07, 6.45) is 1.65. The Kier molecular flexibility index (Phi) is 4.78. The van der Waals surface area contributed by atoms with Gasteiger partial charge in [0, 0.05) is 13.1 Å². The van der Waals surface area contributed by atoms with Gasteiger partial charge in [-0.2, -0.15) is 11.3 Å². The van der Waals surface area contributed by atoms with E-state index in [4.69, 9.17) is 4.74 Å². The molecule has 0 radical (unpaired) electrons. The SMILES string of the molecule is CC(Oc1ccccc1)C(=O)N1CCC(c2ccsc2)CC1. The van der Waals surface area contributed by atoms with E-state index in [-0.39, 0.29) is 5.91 Å². The van der Waals surface area contributed by atoms with Crippen LogP contribution in [0, 0.1) is 0 Å². The third-order valence-electron chi connectivity index (χ3n) is 4.23. The van der Waals surface area contributed by atoms with Crippen LogP contribution in [0.3, 0.4) is 0 Å². The molecule has 116 valence electrons. The minimum absolute atomic E-state index is 0.0904. The molecule has 1 fully saturated rings. The number of likely N-dealkylation sites (tertiary alicyclic amines) is 1. The summed E-state index contributed by atoms with van der Waals surface area (Å²) in [5, 5.41) is 4.35. The number of hydrogen-bond donors (Lipinski definition) is 0. The van der Waals surface area contributed by atoms with E-state index in [1.165, 1.54) is 5.56 Å². The van der Waals surface area contributed by atoms with Gasteiger partial charge in [0.05, 0.1) is 0 Å². The van der Waals surface area contributed by atoms with E-state index in [0.717, 1.165) is 31.7 Å². The van der Waals surface area contributed by atoms with Crippen LogP contribution in [0.2, 0.25) is 0 Å². The maximum absolute atomic E-state index is 12.5. The molecule has 0 saturated carbocycles. The highest BCUT2D eigenvalue weighted by Gasteiger charge is 2.27. The van der Waals surface area contributed by atoms with E-state index in [1.807, 2.05) is 42.2 Å². The van der Waals surface area contributed by atoms with Crippen LogP contribution in [0.25, 0.3) is 0 Å². The largest absolute Gasteiger partial charge is 0.481 e. The first kappa shape index (κ1) is 15.1. The molecular formula is C18H21NO2S. The number of rotatable bonds is 4. The number of hydrogen-bond acceptors (Lipinski definition) is 3. The quantitative estimate of drug-likeness (QED) is 0.856. The minimum atomic E-state index is -0.430. The van der Waals surface area contributed by atoms with Crippen LogP contribution in [0.4, 0.5) is 0 Å². The average molecular weight is 315 g/mol. The van der Waals surface area contributed by atoms with Crippen molar-refractivity contribution in [2.24, 2.45) is 0 Å². The van der Waals surface area contributed by atoms with Crippen molar-refractivity contribution in [3.05, 3.63) is 52.7 Å². The molecule has 4 heteroatoms. The Bertz CT molecular complexity index is 589. The second kappa shape index (κ2) is 6.97. The fourth-order valence-electron chi connectivity index (χ4n) is 2.95. The molecule has 0 bridgehead atoms. The zero-order chi connectivity index (χ0) is 15.4. The Labute approximate surface area is 135 Å². The van der Waals surface area contributed by atoms with E-state index in [2.05, 4.69) is 16.8 Å². The van der Waals surface area contributed by atoms with E-state index in [1.54, 1.807) is 11.3 Å². The first-order valence-electron chi connectivity index (χ1n) is 7.76. The summed E-state index contributed by atoms with van der Waals surface area (Å²) in [7, 11) is 0. The Morgan fingerprint density at radius 1 is 1.23 bits per heavy atom. The lowest BCUT2D eigenvalue weighted by Gasteiger charge is -2.33. The maximum atomic E-state index is 12.5. The zero-order valence-corrected chi connectivity index (χ0v) is 13.6. The third kappa shape index (κ3) is 3.50. The van der Waals surface area contributed by atoms with Gasteiger partial charge in [-0.05, 0) is 60.2 Å². The van der Waals surface area contributed by atoms with Crippen LogP contribution < -0.4 is 4.74 Å². The van der Waals surface area contributed by atoms with Gasteiger partial charge in [0.2, 0.25) is 0 Å². The van der Waals surface area contributed by atoms with Gasteiger partial charge in [0.25, 0.3) is 5.91 Å². The lowest BCUT2D eigenvalue weighted by atomic mass is 9.91. The summed E-state index contributed by atoms with van der Waals surface area (Å²) in [5.41, 5.74) is 1.42. The highest BCUT2D eigenvalue weighted by molar-refractivity contribution is 7.07. The first-order chi connectivity index (χ1) is 10.7. The number of amides is 1. The Hall–Kier alpha value is -1.81. The van der Waals surface area contributed by atoms with Gasteiger partial charge in [-0.25, -0.2) is 0 Å². The Morgan fingerprint density at radius 2 is 1.95 bits per heavy atom. The molecule has 0 N–H and O–H groups in total. The van der Waals surface area contributed by atoms with Gasteiger partial charge in [-0.15, -0.1) is 0 Å². The van der Waals surface area contributed by atoms with E-state index in [0.29, 0.717) is 5.92 Å². The van der Waals surface area contributed by atoms with Gasteiger partial charge in [-0.1, -0.05) is 18.2 Å². The maximum Gasteiger partial charge on any atom is 0.263 e. The summed E-state index contributed by atoms with van der Waals surface area (Å²) in [6, 6.07) is 11.7. The van der Waals surface area contributed by atoms with Crippen LogP contribution >= 0.6 is 11.3 Å². The fraction of sp³-hybridized carbons (Fsp3) is 0.389. The van der Waals surface area contributed by atoms with Gasteiger partial charge >= 0.3 is 0 Å². The molecular weight excluding hydrogens is 294 g/mol. The number of nitrogens with zero attached hydrogens (tertiary/aromatic N) is 1. The number of carbonyl (C=O) groups is 1. The van der Waals surface area contributed by atoms with Crippen LogP contribution in [0.1, 0.15) is 31.2 Å². The number of ether oxygens (including phenoxy) is 1. The first-order valence-corrected chi connectivity index (χ1v) is 8.71. The predicted molar refractivity (Wildman–Crippen MR) is 89.4 cm³/mol. The average Bonchev–Trinajstić information content (AvgIpc) is 3.10. The molecule has 1 aliphatic rings. The molecule has 1 aromatic carbocycles. The molecule has 22 heavy (non-hydrogen) atoms. The van der Waals surface area contributed by atoms with E-state index < -0.39 is 6.10 Å². The third-order valence-corrected chi connectivity index (χ3v) is 4.93. The van der Waals surface area contributed by atoms with Crippen molar-refractivity contribution in [2.75, 3.05) is 13.1 Å². The van der Waals surface area contributed by atoms with Gasteiger partial charge in [0.15, 0.2) is 6.10 Å². The summed E-state index contributed by atoms with van der Waals surface area (Å²) in [5.74, 6) is 1.43. The molecule has 1 saturated heterocycles. The smallest absolute Gasteiger partial charge is 0.263 e. The molecule has 1 amide bonds. The molecule has 1 aliphatic heterocycles. The fourth-order valence-corrected chi connectivity index (χ4v) is 3.69. The normalized spacial score (nSPS) is 17.2. The Morgan fingerprint density at radius 3 is 2.59 bits per heavy atom. The molecule has 2 aromatic rings. The van der Waals surface area contributed by atoms with Crippen molar-refractivity contribution in [3.63, 3.8) is 0 Å². The van der Waals surface area contributed by atoms with Crippen LogP contribution in [-0.2, 0) is 4.79 Å². The second-order valence-electron chi connectivity index (χ2n) is 5.73. The monoisotopic (exact) mass is 315 g/mol. The molecule has 1 aromatic heterocycles. The van der Waals surface area contributed by atoms with Crippen molar-refractivity contribution in [3.8, 4) is 5.75 Å². The lowest BCUT2D eigenvalue weighted by molar-refractivity contribution is -0.139. The van der Waals surface area contributed by atoms with E-state index >= 15 is 0 Å². The van der Waals surface area contributed by atoms with Gasteiger partial charge in [0.1, 0.15) is 5.75 Å². The Balaban J connectivity index is 1.53. The highest BCUT2D eigenvalue weighted by Crippen LogP contribution is 2.29. The molecule has 1 unspecified atom stereocenters. The van der Waals surface area contributed by atoms with Crippen molar-refractivity contribution in [1.82, 2.24) is 4.90 Å². The number of thiophene rings is 1. The summed E-state index contributed by atoms with van der Waals surface area (Å²) >= 11 is 1.75. The van der Waals surface area contributed by atoms with Crippen molar-refractivity contribution >= 4 is 17.2 Å². The molecule has 0 aliphatic carbocycles. The van der Waals surface area contributed by atoms with Crippen molar-refractivity contribution in [2.45, 2.75) is 31.8 Å². The number of benzene rings is 1. The molecule has 0 spiro atoms. The zero-order valence-electron chi connectivity index (χ0n) is 12.8.